The number of rotatable bonds is 4. The van der Waals surface area contributed by atoms with Crippen molar-refractivity contribution in [2.45, 2.75) is 27.7 Å². The van der Waals surface area contributed by atoms with E-state index < -0.39 is 7.26 Å². The molecule has 144 valence electrons. The van der Waals surface area contributed by atoms with Crippen LogP contribution in [0.5, 0.6) is 0 Å². The number of hydrogen-bond donors (Lipinski definition) is 0. The summed E-state index contributed by atoms with van der Waals surface area (Å²) >= 11 is 0. The zero-order valence-corrected chi connectivity index (χ0v) is 18.6. The normalized spacial score (nSPS) is 11.4. The molecule has 29 heavy (non-hydrogen) atoms. The predicted octanol–water partition coefficient (Wildman–Crippen LogP) is 5.54. The average Bonchev–Trinajstić information content (AvgIpc) is 2.70. The van der Waals surface area contributed by atoms with Crippen LogP contribution in [0.15, 0.2) is 97.1 Å². The molecule has 0 radical (unpaired) electrons. The lowest BCUT2D eigenvalue weighted by Gasteiger charge is -2.29. The molecule has 0 atom stereocenters. The second-order valence-corrected chi connectivity index (χ2v) is 11.3. The van der Waals surface area contributed by atoms with Gasteiger partial charge in [-0.25, -0.2) is 0 Å². The van der Waals surface area contributed by atoms with Crippen molar-refractivity contribution in [1.29, 1.82) is 0 Å². The van der Waals surface area contributed by atoms with Gasteiger partial charge in [-0.15, -0.1) is 0 Å². The first-order chi connectivity index (χ1) is 14.0. The van der Waals surface area contributed by atoms with Gasteiger partial charge in [0.15, 0.2) is 0 Å². The fraction of sp³-hybridized carbons (Fsp3) is 0.143. The molecule has 0 aliphatic heterocycles. The van der Waals surface area contributed by atoms with Gasteiger partial charge in [0.25, 0.3) is 0 Å². The first-order valence-corrected chi connectivity index (χ1v) is 12.0. The van der Waals surface area contributed by atoms with E-state index in [-0.39, 0.29) is 0 Å². The highest BCUT2D eigenvalue weighted by atomic mass is 31.2. The maximum atomic E-state index is 2.39. The van der Waals surface area contributed by atoms with Crippen molar-refractivity contribution in [2.75, 3.05) is 0 Å². The van der Waals surface area contributed by atoms with Crippen molar-refractivity contribution in [3.63, 3.8) is 0 Å². The quantitative estimate of drug-likeness (QED) is 0.398. The van der Waals surface area contributed by atoms with E-state index in [1.807, 2.05) is 0 Å². The summed E-state index contributed by atoms with van der Waals surface area (Å²) in [4.78, 5) is 0. The Labute approximate surface area is 175 Å². The van der Waals surface area contributed by atoms with Crippen LogP contribution in [0.3, 0.4) is 0 Å². The van der Waals surface area contributed by atoms with E-state index in [0.29, 0.717) is 0 Å². The van der Waals surface area contributed by atoms with Crippen molar-refractivity contribution in [2.24, 2.45) is 0 Å². The van der Waals surface area contributed by atoms with Crippen LogP contribution in [-0.4, -0.2) is 0 Å². The highest BCUT2D eigenvalue weighted by Crippen LogP contribution is 2.55. The highest BCUT2D eigenvalue weighted by molar-refractivity contribution is 8.01. The molecule has 0 fully saturated rings. The third-order valence-corrected chi connectivity index (χ3v) is 10.0. The lowest BCUT2D eigenvalue weighted by atomic mass is 10.2. The molecule has 0 saturated heterocycles. The van der Waals surface area contributed by atoms with E-state index in [9.17, 15) is 0 Å². The zero-order chi connectivity index (χ0) is 20.4. The Bertz CT molecular complexity index is 1050. The van der Waals surface area contributed by atoms with Crippen LogP contribution < -0.4 is 21.2 Å². The molecule has 0 aliphatic rings. The number of aryl methyl sites for hydroxylation is 4. The second-order valence-electron chi connectivity index (χ2n) is 7.97. The lowest BCUT2D eigenvalue weighted by molar-refractivity contribution is 1.47. The van der Waals surface area contributed by atoms with Gasteiger partial charge >= 0.3 is 0 Å². The Morgan fingerprint density at radius 2 is 0.862 bits per heavy atom. The summed E-state index contributed by atoms with van der Waals surface area (Å²) in [6.07, 6.45) is 0. The van der Waals surface area contributed by atoms with E-state index >= 15 is 0 Å². The SMILES string of the molecule is Cc1cccc([P+](c2cccc(C)c2)(c2cccc(C)c2)c2ccccc2C)c1. The van der Waals surface area contributed by atoms with Gasteiger partial charge in [-0.2, -0.15) is 0 Å². The lowest BCUT2D eigenvalue weighted by Crippen LogP contribution is -2.40. The molecular formula is C28H28P+. The largest absolute Gasteiger partial charge is 0.144 e. The summed E-state index contributed by atoms with van der Waals surface area (Å²) < 4.78 is 0. The number of benzene rings is 4. The van der Waals surface area contributed by atoms with Gasteiger partial charge in [0, 0.05) is 0 Å². The van der Waals surface area contributed by atoms with Gasteiger partial charge in [0.1, 0.15) is 28.5 Å². The molecule has 0 aliphatic carbocycles. The third kappa shape index (κ3) is 3.54. The Morgan fingerprint density at radius 3 is 1.24 bits per heavy atom. The van der Waals surface area contributed by atoms with Crippen molar-refractivity contribution in [3.8, 4) is 0 Å². The molecule has 4 aromatic rings. The van der Waals surface area contributed by atoms with E-state index in [4.69, 9.17) is 0 Å². The summed E-state index contributed by atoms with van der Waals surface area (Å²) in [7, 11) is -2.02. The zero-order valence-electron chi connectivity index (χ0n) is 17.7. The second kappa shape index (κ2) is 7.97. The molecule has 0 saturated carbocycles. The van der Waals surface area contributed by atoms with Crippen LogP contribution in [0, 0.1) is 27.7 Å². The highest BCUT2D eigenvalue weighted by Gasteiger charge is 2.48. The van der Waals surface area contributed by atoms with Crippen molar-refractivity contribution < 1.29 is 0 Å². The molecule has 4 aromatic carbocycles. The maximum Gasteiger partial charge on any atom is 0.144 e. The van der Waals surface area contributed by atoms with Gasteiger partial charge in [-0.3, -0.25) is 0 Å². The van der Waals surface area contributed by atoms with E-state index in [2.05, 4.69) is 125 Å². The van der Waals surface area contributed by atoms with Crippen LogP contribution in [0.4, 0.5) is 0 Å². The van der Waals surface area contributed by atoms with Gasteiger partial charge in [0.05, 0.1) is 0 Å². The van der Waals surface area contributed by atoms with Gasteiger partial charge in [0.2, 0.25) is 0 Å². The van der Waals surface area contributed by atoms with Gasteiger partial charge < -0.3 is 0 Å². The Hall–Kier alpha value is -2.69. The van der Waals surface area contributed by atoms with Crippen molar-refractivity contribution >= 4 is 28.5 Å². The molecule has 0 nitrogen and oxygen atoms in total. The van der Waals surface area contributed by atoms with Crippen LogP contribution in [0.25, 0.3) is 0 Å². The first kappa shape index (κ1) is 19.6. The Kier molecular flexibility index (Phi) is 5.39. The summed E-state index contributed by atoms with van der Waals surface area (Å²) in [6.45, 7) is 8.85. The summed E-state index contributed by atoms with van der Waals surface area (Å²) in [5.41, 5.74) is 5.27. The van der Waals surface area contributed by atoms with Crippen LogP contribution in [-0.2, 0) is 0 Å². The topological polar surface area (TPSA) is 0 Å². The molecule has 0 heterocycles. The molecule has 0 bridgehead atoms. The van der Waals surface area contributed by atoms with Gasteiger partial charge in [-0.1, -0.05) is 54.6 Å². The summed E-state index contributed by atoms with van der Waals surface area (Å²) in [5.74, 6) is 0. The molecule has 0 spiro atoms. The minimum absolute atomic E-state index is 1.31. The molecule has 0 unspecified atom stereocenters. The van der Waals surface area contributed by atoms with Gasteiger partial charge in [-0.05, 0) is 92.4 Å². The predicted molar refractivity (Wildman–Crippen MR) is 130 cm³/mol. The molecule has 1 heteroatoms. The summed E-state index contributed by atoms with van der Waals surface area (Å²) in [6, 6.07) is 36.3. The van der Waals surface area contributed by atoms with Crippen molar-refractivity contribution in [1.82, 2.24) is 0 Å². The van der Waals surface area contributed by atoms with Crippen LogP contribution in [0.1, 0.15) is 22.3 Å². The standard InChI is InChI=1S/C28H28P/c1-21-10-7-14-25(18-21)29(26-15-8-11-22(2)19-26,27-16-9-12-23(3)20-27)28-17-6-5-13-24(28)4/h5-20H,1-4H3/q+1. The Balaban J connectivity index is 2.21. The Morgan fingerprint density at radius 1 is 0.448 bits per heavy atom. The van der Waals surface area contributed by atoms with Crippen LogP contribution >= 0.6 is 7.26 Å². The molecule has 4 rings (SSSR count). The fourth-order valence-corrected chi connectivity index (χ4v) is 9.08. The third-order valence-electron chi connectivity index (χ3n) is 5.64. The van der Waals surface area contributed by atoms with E-state index in [1.165, 1.54) is 43.5 Å². The smallest absolute Gasteiger partial charge is 0.0617 e. The van der Waals surface area contributed by atoms with E-state index in [1.54, 1.807) is 0 Å². The molecular weight excluding hydrogens is 367 g/mol. The molecule has 0 N–H and O–H groups in total. The molecule has 0 amide bonds. The molecule has 0 aromatic heterocycles. The van der Waals surface area contributed by atoms with Crippen LogP contribution in [0.2, 0.25) is 0 Å². The summed E-state index contributed by atoms with van der Waals surface area (Å²) in [5, 5.41) is 5.70. The minimum atomic E-state index is -2.02. The van der Waals surface area contributed by atoms with Crippen molar-refractivity contribution in [3.05, 3.63) is 119 Å². The average molecular weight is 396 g/mol. The number of hydrogen-bond acceptors (Lipinski definition) is 0. The maximum absolute atomic E-state index is 2.39. The van der Waals surface area contributed by atoms with E-state index in [0.717, 1.165) is 0 Å². The monoisotopic (exact) mass is 395 g/mol. The first-order valence-electron chi connectivity index (χ1n) is 10.2. The fourth-order valence-electron chi connectivity index (χ4n) is 4.31. The minimum Gasteiger partial charge on any atom is -0.0617 e.